The molecule has 4 heteroatoms. The van der Waals surface area contributed by atoms with E-state index in [1.807, 2.05) is 12.1 Å². The molecule has 102 valence electrons. The predicted octanol–water partition coefficient (Wildman–Crippen LogP) is 5.34. The summed E-state index contributed by atoms with van der Waals surface area (Å²) < 4.78 is 0. The molecule has 1 N–H and O–H groups in total. The second-order valence-corrected chi connectivity index (χ2v) is 6.34. The van der Waals surface area contributed by atoms with E-state index in [0.29, 0.717) is 16.1 Å². The number of halogens is 2. The van der Waals surface area contributed by atoms with Crippen LogP contribution in [0.2, 0.25) is 10.0 Å². The van der Waals surface area contributed by atoms with Gasteiger partial charge in [-0.15, -0.1) is 11.3 Å². The first-order valence-corrected chi connectivity index (χ1v) is 8.04. The maximum atomic E-state index is 6.08. The fourth-order valence-electron chi connectivity index (χ4n) is 2.15. The Morgan fingerprint density at radius 1 is 1.21 bits per heavy atom. The van der Waals surface area contributed by atoms with Crippen molar-refractivity contribution < 1.29 is 0 Å². The predicted molar refractivity (Wildman–Crippen MR) is 85.5 cm³/mol. The van der Waals surface area contributed by atoms with E-state index in [4.69, 9.17) is 23.2 Å². The van der Waals surface area contributed by atoms with Crippen LogP contribution in [0.4, 0.5) is 0 Å². The fraction of sp³-hybridized carbons (Fsp3) is 0.333. The lowest BCUT2D eigenvalue weighted by Gasteiger charge is -2.18. The average Bonchev–Trinajstić information content (AvgIpc) is 2.86. The van der Waals surface area contributed by atoms with Crippen molar-refractivity contribution in [2.75, 3.05) is 6.54 Å². The minimum atomic E-state index is 0.295. The summed E-state index contributed by atoms with van der Waals surface area (Å²) in [5.41, 5.74) is 1.16. The van der Waals surface area contributed by atoms with Crippen LogP contribution in [-0.2, 0) is 6.42 Å². The minimum absolute atomic E-state index is 0.295. The zero-order chi connectivity index (χ0) is 13.7. The molecule has 2 rings (SSSR count). The molecule has 0 aliphatic heterocycles. The van der Waals surface area contributed by atoms with Gasteiger partial charge in [-0.25, -0.2) is 0 Å². The van der Waals surface area contributed by atoms with Crippen molar-refractivity contribution in [1.82, 2.24) is 5.32 Å². The third-order valence-corrected chi connectivity index (χ3v) is 4.37. The molecule has 0 saturated heterocycles. The highest BCUT2D eigenvalue weighted by molar-refractivity contribution is 7.09. The molecule has 1 atom stereocenters. The van der Waals surface area contributed by atoms with Crippen LogP contribution in [0.1, 0.15) is 29.8 Å². The van der Waals surface area contributed by atoms with Crippen molar-refractivity contribution in [2.45, 2.75) is 25.8 Å². The number of nitrogens with one attached hydrogen (secondary N) is 1. The summed E-state index contributed by atoms with van der Waals surface area (Å²) in [4.78, 5) is 1.41. The maximum Gasteiger partial charge on any atom is 0.0424 e. The van der Waals surface area contributed by atoms with Gasteiger partial charge in [-0.1, -0.05) is 36.2 Å². The molecule has 19 heavy (non-hydrogen) atoms. The lowest BCUT2D eigenvalue weighted by atomic mass is 10.0. The fourth-order valence-corrected chi connectivity index (χ4v) is 3.42. The summed E-state index contributed by atoms with van der Waals surface area (Å²) in [5, 5.41) is 7.01. The first-order chi connectivity index (χ1) is 9.19. The minimum Gasteiger partial charge on any atom is -0.310 e. The van der Waals surface area contributed by atoms with Crippen molar-refractivity contribution in [3.8, 4) is 0 Å². The van der Waals surface area contributed by atoms with Gasteiger partial charge in [-0.2, -0.15) is 0 Å². The zero-order valence-corrected chi connectivity index (χ0v) is 13.2. The molecule has 0 bridgehead atoms. The van der Waals surface area contributed by atoms with Gasteiger partial charge in [0.2, 0.25) is 0 Å². The van der Waals surface area contributed by atoms with E-state index in [9.17, 15) is 0 Å². The topological polar surface area (TPSA) is 12.0 Å². The normalized spacial score (nSPS) is 12.6. The largest absolute Gasteiger partial charge is 0.310 e. The van der Waals surface area contributed by atoms with Crippen LogP contribution >= 0.6 is 34.5 Å². The monoisotopic (exact) mass is 313 g/mol. The number of aryl methyl sites for hydroxylation is 1. The summed E-state index contributed by atoms with van der Waals surface area (Å²) in [5.74, 6) is 0. The molecule has 1 unspecified atom stereocenters. The van der Waals surface area contributed by atoms with Gasteiger partial charge in [0.15, 0.2) is 0 Å². The van der Waals surface area contributed by atoms with Gasteiger partial charge in [0.05, 0.1) is 0 Å². The molecule has 0 aliphatic rings. The Hall–Kier alpha value is -0.540. The van der Waals surface area contributed by atoms with Crippen molar-refractivity contribution >= 4 is 34.5 Å². The van der Waals surface area contributed by atoms with Gasteiger partial charge < -0.3 is 5.32 Å². The zero-order valence-electron chi connectivity index (χ0n) is 10.8. The smallest absolute Gasteiger partial charge is 0.0424 e. The molecule has 1 nitrogen and oxygen atoms in total. The van der Waals surface area contributed by atoms with Crippen LogP contribution in [0.3, 0.4) is 0 Å². The molecule has 2 aromatic rings. The Morgan fingerprint density at radius 2 is 1.95 bits per heavy atom. The molecule has 1 heterocycles. The molecule has 0 radical (unpaired) electrons. The van der Waals surface area contributed by atoms with Gasteiger partial charge in [0.1, 0.15) is 0 Å². The van der Waals surface area contributed by atoms with Crippen molar-refractivity contribution in [3.63, 3.8) is 0 Å². The molecule has 0 aliphatic carbocycles. The van der Waals surface area contributed by atoms with E-state index in [1.54, 1.807) is 17.4 Å². The Balaban J connectivity index is 2.09. The summed E-state index contributed by atoms with van der Waals surface area (Å²) in [6.45, 7) is 3.05. The summed E-state index contributed by atoms with van der Waals surface area (Å²) in [6, 6.07) is 10.3. The third kappa shape index (κ3) is 4.50. The van der Waals surface area contributed by atoms with Gasteiger partial charge in [-0.3, -0.25) is 0 Å². The molecule has 1 aromatic heterocycles. The molecule has 1 aromatic carbocycles. The highest BCUT2D eigenvalue weighted by Gasteiger charge is 2.12. The van der Waals surface area contributed by atoms with Gasteiger partial charge >= 0.3 is 0 Å². The number of thiophene rings is 1. The average molecular weight is 314 g/mol. The van der Waals surface area contributed by atoms with Crippen LogP contribution < -0.4 is 5.32 Å². The molecule has 0 fully saturated rings. The Morgan fingerprint density at radius 3 is 2.53 bits per heavy atom. The van der Waals surface area contributed by atoms with E-state index < -0.39 is 0 Å². The van der Waals surface area contributed by atoms with Crippen molar-refractivity contribution in [2.24, 2.45) is 0 Å². The van der Waals surface area contributed by atoms with Crippen LogP contribution in [0.5, 0.6) is 0 Å². The standard InChI is InChI=1S/C15H17Cl2NS/c1-2-18-15(6-5-14-4-3-7-19-14)11-8-12(16)10-13(17)9-11/h3-4,7-10,15,18H,2,5-6H2,1H3. The van der Waals surface area contributed by atoms with Crippen LogP contribution in [0, 0.1) is 0 Å². The van der Waals surface area contributed by atoms with E-state index in [1.165, 1.54) is 4.88 Å². The first-order valence-electron chi connectivity index (χ1n) is 6.40. The maximum absolute atomic E-state index is 6.08. The SMILES string of the molecule is CCNC(CCc1cccs1)c1cc(Cl)cc(Cl)c1. The summed E-state index contributed by atoms with van der Waals surface area (Å²) in [6.07, 6.45) is 2.12. The van der Waals surface area contributed by atoms with Crippen LogP contribution in [-0.4, -0.2) is 6.54 Å². The first kappa shape index (κ1) is 14.9. The van der Waals surface area contributed by atoms with E-state index in [0.717, 1.165) is 24.9 Å². The van der Waals surface area contributed by atoms with E-state index in [-0.39, 0.29) is 0 Å². The lowest BCUT2D eigenvalue weighted by molar-refractivity contribution is 0.517. The number of hydrogen-bond acceptors (Lipinski definition) is 2. The number of hydrogen-bond donors (Lipinski definition) is 1. The number of benzene rings is 1. The second-order valence-electron chi connectivity index (χ2n) is 4.43. The highest BCUT2D eigenvalue weighted by Crippen LogP contribution is 2.27. The molecular formula is C15H17Cl2NS. The van der Waals surface area contributed by atoms with Crippen molar-refractivity contribution in [3.05, 3.63) is 56.2 Å². The van der Waals surface area contributed by atoms with E-state index >= 15 is 0 Å². The Labute approximate surface area is 128 Å². The molecule has 0 spiro atoms. The van der Waals surface area contributed by atoms with Gasteiger partial charge in [0.25, 0.3) is 0 Å². The van der Waals surface area contributed by atoms with E-state index in [2.05, 4.69) is 29.8 Å². The summed E-state index contributed by atoms with van der Waals surface area (Å²) >= 11 is 14.0. The van der Waals surface area contributed by atoms with Gasteiger partial charge in [0, 0.05) is 21.0 Å². The highest BCUT2D eigenvalue weighted by atomic mass is 35.5. The molecule has 0 saturated carbocycles. The van der Waals surface area contributed by atoms with Gasteiger partial charge in [-0.05, 0) is 54.6 Å². The summed E-state index contributed by atoms with van der Waals surface area (Å²) in [7, 11) is 0. The Bertz CT molecular complexity index is 491. The third-order valence-electron chi connectivity index (χ3n) is 3.00. The second kappa shape index (κ2) is 7.30. The number of rotatable bonds is 6. The van der Waals surface area contributed by atoms with Crippen LogP contribution in [0.25, 0.3) is 0 Å². The molecule has 0 amide bonds. The van der Waals surface area contributed by atoms with Crippen molar-refractivity contribution in [1.29, 1.82) is 0 Å². The Kier molecular flexibility index (Phi) is 5.71. The molecular weight excluding hydrogens is 297 g/mol. The van der Waals surface area contributed by atoms with Crippen LogP contribution in [0.15, 0.2) is 35.7 Å². The lowest BCUT2D eigenvalue weighted by Crippen LogP contribution is -2.21. The quantitative estimate of drug-likeness (QED) is 0.759.